The van der Waals surface area contributed by atoms with Crippen LogP contribution in [0.3, 0.4) is 0 Å². The second kappa shape index (κ2) is 8.51. The van der Waals surface area contributed by atoms with Gasteiger partial charge < -0.3 is 0 Å². The van der Waals surface area contributed by atoms with E-state index in [-0.39, 0.29) is 17.1 Å². The zero-order valence-electron chi connectivity index (χ0n) is 12.8. The Morgan fingerprint density at radius 1 is 0.920 bits per heavy atom. The predicted octanol–water partition coefficient (Wildman–Crippen LogP) is 5.06. The summed E-state index contributed by atoms with van der Waals surface area (Å²) in [6.45, 7) is 0. The summed E-state index contributed by atoms with van der Waals surface area (Å²) in [5.41, 5.74) is 1.44. The Labute approximate surface area is 152 Å². The first-order chi connectivity index (χ1) is 11.8. The van der Waals surface area contributed by atoms with Crippen molar-refractivity contribution in [2.75, 3.05) is 0 Å². The molecule has 25 heavy (non-hydrogen) atoms. The predicted molar refractivity (Wildman–Crippen MR) is 92.6 cm³/mol. The molecule has 0 fully saturated rings. The molecule has 2 aromatic rings. The largest absolute Gasteiger partial charge is 0.399 e. The second-order valence-corrected chi connectivity index (χ2v) is 10.2. The molecule has 136 valence electrons. The summed E-state index contributed by atoms with van der Waals surface area (Å²) in [5, 5.41) is 0. The summed E-state index contributed by atoms with van der Waals surface area (Å²) in [6, 6.07) is 12.8. The average molecular weight is 455 g/mol. The molecule has 2 aromatic carbocycles. The van der Waals surface area contributed by atoms with Crippen molar-refractivity contribution in [2.24, 2.45) is 0 Å². The van der Waals surface area contributed by atoms with E-state index in [2.05, 4.69) is 25.4 Å². The fraction of sp³-hybridized carbons (Fsp3) is 0.200. The highest BCUT2D eigenvalue weighted by Gasteiger charge is 2.28. The van der Waals surface area contributed by atoms with Gasteiger partial charge in [-0.25, -0.2) is 8.42 Å². The van der Waals surface area contributed by atoms with E-state index in [0.29, 0.717) is 11.1 Å². The van der Waals surface area contributed by atoms with Crippen molar-refractivity contribution in [3.05, 3.63) is 69.7 Å². The number of rotatable bonds is 8. The van der Waals surface area contributed by atoms with Crippen molar-refractivity contribution in [3.63, 3.8) is 0 Å². The zero-order chi connectivity index (χ0) is 18.5. The molecule has 0 heterocycles. The Morgan fingerprint density at radius 2 is 1.48 bits per heavy atom. The summed E-state index contributed by atoms with van der Waals surface area (Å²) < 4.78 is 66.9. The number of hydrogen-bond acceptors (Lipinski definition) is 5. The third-order valence-electron chi connectivity index (χ3n) is 3.27. The minimum absolute atomic E-state index is 0.116. The third kappa shape index (κ3) is 6.27. The highest BCUT2D eigenvalue weighted by Crippen LogP contribution is 2.52. The van der Waals surface area contributed by atoms with Crippen LogP contribution in [0.25, 0.3) is 0 Å². The van der Waals surface area contributed by atoms with Gasteiger partial charge in [0.2, 0.25) is 0 Å². The van der Waals surface area contributed by atoms with E-state index in [1.807, 2.05) is 0 Å². The topological polar surface area (TPSA) is 69.7 Å². The van der Waals surface area contributed by atoms with Gasteiger partial charge in [-0.2, -0.15) is 0 Å². The maximum absolute atomic E-state index is 12.3. The molecule has 0 radical (unpaired) electrons. The fourth-order valence-corrected chi connectivity index (χ4v) is 4.92. The van der Waals surface area contributed by atoms with Crippen LogP contribution < -0.4 is 0 Å². The third-order valence-corrected chi connectivity index (χ3v) is 6.48. The lowest BCUT2D eigenvalue weighted by Gasteiger charge is -2.09. The Balaban J connectivity index is 2.06. The van der Waals surface area contributed by atoms with Crippen LogP contribution in [0.15, 0.2) is 53.0 Å². The number of sulfone groups is 1. The molecule has 0 saturated heterocycles. The lowest BCUT2D eigenvalue weighted by molar-refractivity contribution is -0.0881. The van der Waals surface area contributed by atoms with Gasteiger partial charge in [0, 0.05) is 4.47 Å². The molecular formula is C15H14BrF2O5PS. The minimum atomic E-state index is -4.47. The van der Waals surface area contributed by atoms with Gasteiger partial charge in [-0.3, -0.25) is 4.57 Å². The molecule has 0 unspecified atom stereocenters. The highest BCUT2D eigenvalue weighted by atomic mass is 79.9. The van der Waals surface area contributed by atoms with Gasteiger partial charge in [-0.15, -0.1) is 9.46 Å². The normalized spacial score (nSPS) is 12.3. The number of benzene rings is 2. The van der Waals surface area contributed by atoms with Crippen molar-refractivity contribution in [2.45, 2.75) is 17.7 Å². The van der Waals surface area contributed by atoms with Crippen LogP contribution in [0.2, 0.25) is 0 Å². The molecular weight excluding hydrogens is 441 g/mol. The Hall–Kier alpha value is -1.12. The average Bonchev–Trinajstić information content (AvgIpc) is 2.56. The van der Waals surface area contributed by atoms with Gasteiger partial charge in [-0.05, 0) is 37.9 Å². The first-order valence-electron chi connectivity index (χ1n) is 6.98. The molecule has 0 atom stereocenters. The Kier molecular flexibility index (Phi) is 6.87. The first kappa shape index (κ1) is 20.2. The molecule has 0 N–H and O–H groups in total. The molecule has 0 aliphatic heterocycles. The molecule has 0 amide bonds. The van der Waals surface area contributed by atoms with E-state index in [1.54, 1.807) is 24.3 Å². The first-order valence-corrected chi connectivity index (χ1v) is 11.3. The molecule has 10 heteroatoms. The molecule has 0 aliphatic rings. The van der Waals surface area contributed by atoms with Crippen molar-refractivity contribution < 1.29 is 31.5 Å². The Bertz CT molecular complexity index is 866. The van der Waals surface area contributed by atoms with Crippen molar-refractivity contribution in [3.8, 4) is 0 Å². The van der Waals surface area contributed by atoms with E-state index in [0.717, 1.165) is 4.47 Å². The quantitative estimate of drug-likeness (QED) is 0.521. The molecule has 0 bridgehead atoms. The fourth-order valence-electron chi connectivity index (χ4n) is 2.21. The van der Waals surface area contributed by atoms with E-state index >= 15 is 0 Å². The van der Waals surface area contributed by atoms with Crippen LogP contribution >= 0.6 is 23.5 Å². The minimum Gasteiger partial charge on any atom is -0.254 e. The highest BCUT2D eigenvalue weighted by molar-refractivity contribution is 9.10. The van der Waals surface area contributed by atoms with Crippen LogP contribution in [0.5, 0.6) is 0 Å². The van der Waals surface area contributed by atoms with Gasteiger partial charge >= 0.3 is 7.60 Å². The SMILES string of the molecule is O=P(Cc1ccc(CS(=O)(=O)Cc2cccc(Br)c2)cc1)(OF)OF. The smallest absolute Gasteiger partial charge is 0.254 e. The molecule has 2 rings (SSSR count). The van der Waals surface area contributed by atoms with Gasteiger partial charge in [0.05, 0.1) is 17.7 Å². The summed E-state index contributed by atoms with van der Waals surface area (Å²) in [4.78, 5) is 0. The van der Waals surface area contributed by atoms with E-state index in [1.165, 1.54) is 24.3 Å². The monoisotopic (exact) mass is 454 g/mol. The van der Waals surface area contributed by atoms with Crippen LogP contribution in [-0.4, -0.2) is 8.42 Å². The lowest BCUT2D eigenvalue weighted by Crippen LogP contribution is -2.07. The molecule has 0 aromatic heterocycles. The van der Waals surface area contributed by atoms with E-state index in [4.69, 9.17) is 0 Å². The van der Waals surface area contributed by atoms with E-state index < -0.39 is 23.6 Å². The van der Waals surface area contributed by atoms with Gasteiger partial charge in [0.15, 0.2) is 9.84 Å². The maximum atomic E-state index is 12.3. The zero-order valence-corrected chi connectivity index (χ0v) is 16.1. The molecule has 0 spiro atoms. The molecule has 0 saturated carbocycles. The lowest BCUT2D eigenvalue weighted by atomic mass is 10.2. The summed E-state index contributed by atoms with van der Waals surface area (Å²) in [5.74, 6) is -0.314. The second-order valence-electron chi connectivity index (χ2n) is 5.39. The van der Waals surface area contributed by atoms with Gasteiger partial charge in [0.1, 0.15) is 0 Å². The number of halogens is 3. The van der Waals surface area contributed by atoms with Crippen molar-refractivity contribution in [1.29, 1.82) is 0 Å². The summed E-state index contributed by atoms with van der Waals surface area (Å²) >= 11 is 3.29. The summed E-state index contributed by atoms with van der Waals surface area (Å²) in [7, 11) is -7.87. The van der Waals surface area contributed by atoms with Crippen molar-refractivity contribution >= 4 is 33.4 Å². The van der Waals surface area contributed by atoms with Gasteiger partial charge in [0.25, 0.3) is 0 Å². The van der Waals surface area contributed by atoms with Crippen LogP contribution in [-0.2, 0) is 41.5 Å². The van der Waals surface area contributed by atoms with Crippen LogP contribution in [0.1, 0.15) is 16.7 Å². The Morgan fingerprint density at radius 3 is 2.04 bits per heavy atom. The standard InChI is InChI=1S/C15H14BrF2O5PS/c16-15-3-1-2-14(8-15)11-25(20,21)10-13-6-4-12(5-7-13)9-24(19,22-17)23-18/h1-8H,9-11H2. The van der Waals surface area contributed by atoms with Crippen LogP contribution in [0.4, 0.5) is 9.05 Å². The van der Waals surface area contributed by atoms with E-state index in [9.17, 15) is 22.0 Å². The molecule has 5 nitrogen and oxygen atoms in total. The molecule has 0 aliphatic carbocycles. The van der Waals surface area contributed by atoms with Gasteiger partial charge in [-0.1, -0.05) is 52.3 Å². The van der Waals surface area contributed by atoms with Crippen LogP contribution in [0, 0.1) is 0 Å². The van der Waals surface area contributed by atoms with Crippen molar-refractivity contribution in [1.82, 2.24) is 0 Å². The number of hydrogen-bond donors (Lipinski definition) is 0. The maximum Gasteiger partial charge on any atom is 0.399 e. The summed E-state index contributed by atoms with van der Waals surface area (Å²) in [6.07, 6.45) is -0.606.